The smallest absolute Gasteiger partial charge is 0.253 e. The summed E-state index contributed by atoms with van der Waals surface area (Å²) in [6.45, 7) is 3.35. The molecule has 1 amide bonds. The van der Waals surface area contributed by atoms with Crippen LogP contribution in [-0.2, 0) is 4.74 Å². The van der Waals surface area contributed by atoms with Gasteiger partial charge in [-0.1, -0.05) is 17.7 Å². The predicted octanol–water partition coefficient (Wildman–Crippen LogP) is 1.89. The Labute approximate surface area is 112 Å². The number of hydrogen-bond acceptors (Lipinski definition) is 3. The molecule has 2 aliphatic rings. The fraction of sp³-hybridized carbons (Fsp3) is 0.467. The summed E-state index contributed by atoms with van der Waals surface area (Å²) in [4.78, 5) is 14.2. The van der Waals surface area contributed by atoms with E-state index in [1.54, 1.807) is 0 Å². The van der Waals surface area contributed by atoms with Gasteiger partial charge in [0.15, 0.2) is 6.10 Å². The zero-order chi connectivity index (χ0) is 13.5. The van der Waals surface area contributed by atoms with Gasteiger partial charge in [0.25, 0.3) is 5.91 Å². The van der Waals surface area contributed by atoms with Crippen LogP contribution in [0.25, 0.3) is 0 Å². The number of aryl methyl sites for hydroxylation is 1. The first kappa shape index (κ1) is 12.2. The highest BCUT2D eigenvalue weighted by Crippen LogP contribution is 2.44. The number of ether oxygens (including phenoxy) is 1. The number of nitrogens with zero attached hydrogens (tertiary/aromatic N) is 2. The molecule has 19 heavy (non-hydrogen) atoms. The largest absolute Gasteiger partial charge is 0.350 e. The molecule has 0 saturated carbocycles. The van der Waals surface area contributed by atoms with E-state index in [4.69, 9.17) is 10.00 Å². The first-order valence-corrected chi connectivity index (χ1v) is 6.58. The van der Waals surface area contributed by atoms with Crippen molar-refractivity contribution in [3.05, 3.63) is 35.4 Å². The van der Waals surface area contributed by atoms with Crippen molar-refractivity contribution in [3.63, 3.8) is 0 Å². The Morgan fingerprint density at radius 2 is 2.00 bits per heavy atom. The van der Waals surface area contributed by atoms with Gasteiger partial charge in [0.05, 0.1) is 6.07 Å². The summed E-state index contributed by atoms with van der Waals surface area (Å²) in [6.07, 6.45) is 1.27. The molecule has 1 aromatic carbocycles. The lowest BCUT2D eigenvalue weighted by Crippen LogP contribution is -2.42. The monoisotopic (exact) mass is 256 g/mol. The third-order valence-corrected chi connectivity index (χ3v) is 4.09. The summed E-state index contributed by atoms with van der Waals surface area (Å²) in [5.41, 5.74) is 1.63. The van der Waals surface area contributed by atoms with Gasteiger partial charge in [0.2, 0.25) is 0 Å². The molecular formula is C15H16N2O2. The van der Waals surface area contributed by atoms with E-state index in [0.29, 0.717) is 13.1 Å². The van der Waals surface area contributed by atoms with E-state index < -0.39 is 0 Å². The van der Waals surface area contributed by atoms with Crippen LogP contribution in [0, 0.1) is 18.3 Å². The van der Waals surface area contributed by atoms with Crippen molar-refractivity contribution in [2.24, 2.45) is 0 Å². The predicted molar refractivity (Wildman–Crippen MR) is 69.5 cm³/mol. The van der Waals surface area contributed by atoms with E-state index in [1.165, 1.54) is 0 Å². The topological polar surface area (TPSA) is 56.6 Å². The molecule has 0 N–H and O–H groups in total. The molecule has 4 nitrogen and oxygen atoms in total. The van der Waals surface area contributed by atoms with Crippen LogP contribution >= 0.6 is 0 Å². The molecule has 0 aromatic heterocycles. The molecule has 0 bridgehead atoms. The molecule has 2 aliphatic heterocycles. The van der Waals surface area contributed by atoms with Gasteiger partial charge in [-0.15, -0.1) is 0 Å². The second-order valence-corrected chi connectivity index (χ2v) is 5.35. The number of likely N-dealkylation sites (tertiary alicyclic amines) is 1. The number of nitriles is 1. The molecule has 2 saturated heterocycles. The Balaban J connectivity index is 1.64. The summed E-state index contributed by atoms with van der Waals surface area (Å²) in [5.74, 6) is 0.0732. The van der Waals surface area contributed by atoms with E-state index in [2.05, 4.69) is 6.07 Å². The maximum absolute atomic E-state index is 12.3. The fourth-order valence-electron chi connectivity index (χ4n) is 2.69. The van der Waals surface area contributed by atoms with Gasteiger partial charge in [0.1, 0.15) is 5.60 Å². The van der Waals surface area contributed by atoms with Crippen LogP contribution in [0.4, 0.5) is 0 Å². The number of carbonyl (C=O) groups is 1. The highest BCUT2D eigenvalue weighted by atomic mass is 16.6. The molecule has 98 valence electrons. The maximum Gasteiger partial charge on any atom is 0.253 e. The zero-order valence-corrected chi connectivity index (χ0v) is 10.9. The number of rotatable bonds is 1. The van der Waals surface area contributed by atoms with Crippen LogP contribution in [0.5, 0.6) is 0 Å². The number of amides is 1. The third kappa shape index (κ3) is 2.11. The molecule has 3 rings (SSSR count). The van der Waals surface area contributed by atoms with Gasteiger partial charge in [-0.2, -0.15) is 5.26 Å². The van der Waals surface area contributed by atoms with Crippen molar-refractivity contribution in [2.75, 3.05) is 13.1 Å². The molecule has 4 heteroatoms. The van der Waals surface area contributed by atoms with E-state index in [1.807, 2.05) is 36.1 Å². The van der Waals surface area contributed by atoms with Crippen LogP contribution in [0.1, 0.15) is 28.8 Å². The minimum atomic E-state index is -0.260. The van der Waals surface area contributed by atoms with Crippen molar-refractivity contribution in [1.29, 1.82) is 5.26 Å². The van der Waals surface area contributed by atoms with E-state index in [-0.39, 0.29) is 17.6 Å². The highest BCUT2D eigenvalue weighted by molar-refractivity contribution is 5.94. The van der Waals surface area contributed by atoms with Crippen LogP contribution in [-0.4, -0.2) is 35.6 Å². The molecule has 2 heterocycles. The van der Waals surface area contributed by atoms with Gasteiger partial charge in [-0.25, -0.2) is 0 Å². The standard InChI is InChI=1S/C15H16N2O2/c1-11-2-4-12(5-3-11)14(18)17-8-6-15(7-9-17)13(10-16)19-15/h2-5,13H,6-9H2,1H3. The number of epoxide rings is 1. The molecule has 2 fully saturated rings. The lowest BCUT2D eigenvalue weighted by molar-refractivity contribution is 0.0663. The number of benzene rings is 1. The Kier molecular flexibility index (Phi) is 2.79. The summed E-state index contributed by atoms with van der Waals surface area (Å²) >= 11 is 0. The van der Waals surface area contributed by atoms with Gasteiger partial charge < -0.3 is 9.64 Å². The minimum absolute atomic E-state index is 0.0732. The molecular weight excluding hydrogens is 240 g/mol. The number of carbonyl (C=O) groups excluding carboxylic acids is 1. The first-order valence-electron chi connectivity index (χ1n) is 6.58. The Morgan fingerprint density at radius 3 is 2.53 bits per heavy atom. The van der Waals surface area contributed by atoms with E-state index in [9.17, 15) is 4.79 Å². The van der Waals surface area contributed by atoms with Crippen LogP contribution in [0.15, 0.2) is 24.3 Å². The van der Waals surface area contributed by atoms with Crippen molar-refractivity contribution in [1.82, 2.24) is 4.90 Å². The SMILES string of the molecule is Cc1ccc(C(=O)N2CCC3(CC2)OC3C#N)cc1. The molecule has 0 radical (unpaired) electrons. The lowest BCUT2D eigenvalue weighted by Gasteiger charge is -2.30. The quantitative estimate of drug-likeness (QED) is 0.721. The average molecular weight is 256 g/mol. The first-order chi connectivity index (χ1) is 9.14. The lowest BCUT2D eigenvalue weighted by atomic mass is 9.93. The normalized spacial score (nSPS) is 24.0. The van der Waals surface area contributed by atoms with Crippen molar-refractivity contribution in [2.45, 2.75) is 31.5 Å². The molecule has 0 aliphatic carbocycles. The van der Waals surface area contributed by atoms with Crippen LogP contribution in [0.3, 0.4) is 0 Å². The molecule has 1 spiro atoms. The third-order valence-electron chi connectivity index (χ3n) is 4.09. The van der Waals surface area contributed by atoms with Gasteiger partial charge in [0, 0.05) is 18.7 Å². The minimum Gasteiger partial charge on any atom is -0.350 e. The average Bonchev–Trinajstić information content (AvgIpc) is 3.12. The molecule has 1 atom stereocenters. The maximum atomic E-state index is 12.3. The summed E-state index contributed by atoms with van der Waals surface area (Å²) in [5, 5.41) is 8.85. The summed E-state index contributed by atoms with van der Waals surface area (Å²) in [7, 11) is 0. The highest BCUT2D eigenvalue weighted by Gasteiger charge is 2.58. The van der Waals surface area contributed by atoms with Crippen LogP contribution in [0.2, 0.25) is 0 Å². The summed E-state index contributed by atoms with van der Waals surface area (Å²) < 4.78 is 5.45. The Morgan fingerprint density at radius 1 is 1.37 bits per heavy atom. The number of piperidine rings is 1. The summed E-state index contributed by atoms with van der Waals surface area (Å²) in [6, 6.07) is 9.80. The fourth-order valence-corrected chi connectivity index (χ4v) is 2.69. The van der Waals surface area contributed by atoms with Gasteiger partial charge >= 0.3 is 0 Å². The van der Waals surface area contributed by atoms with E-state index >= 15 is 0 Å². The molecule has 1 unspecified atom stereocenters. The second kappa shape index (κ2) is 4.36. The van der Waals surface area contributed by atoms with E-state index in [0.717, 1.165) is 24.0 Å². The van der Waals surface area contributed by atoms with Crippen molar-refractivity contribution < 1.29 is 9.53 Å². The molecule has 1 aromatic rings. The van der Waals surface area contributed by atoms with Crippen molar-refractivity contribution in [3.8, 4) is 6.07 Å². The second-order valence-electron chi connectivity index (χ2n) is 5.35. The van der Waals surface area contributed by atoms with Gasteiger partial charge in [-0.3, -0.25) is 4.79 Å². The van der Waals surface area contributed by atoms with Gasteiger partial charge in [-0.05, 0) is 31.9 Å². The Hall–Kier alpha value is -1.86. The van der Waals surface area contributed by atoms with Crippen LogP contribution < -0.4 is 0 Å². The zero-order valence-electron chi connectivity index (χ0n) is 10.9. The van der Waals surface area contributed by atoms with Crippen molar-refractivity contribution >= 4 is 5.91 Å². The Bertz CT molecular complexity index is 536. The number of hydrogen-bond donors (Lipinski definition) is 0.